The zero-order chi connectivity index (χ0) is 17.2. The van der Waals surface area contributed by atoms with E-state index in [0.717, 1.165) is 12.1 Å². The number of benzene rings is 1. The number of hydrogen-bond donors (Lipinski definition) is 1. The molecule has 0 aliphatic heterocycles. The molecule has 2 aliphatic carbocycles. The Balaban J connectivity index is 1.31. The van der Waals surface area contributed by atoms with Gasteiger partial charge < -0.3 is 5.32 Å². The standard InChI is InChI=1S/C20H22ClN3O/c21-17-4-2-1-3-14(17)9-10-20(25)22-11-12-24-19(16-7-8-16)13-18(23-24)15-5-6-15/h1-4,9-10,13,15-16H,5-8,11-12H2,(H,22,25)/b10-9+. The molecular formula is C20H22ClN3O. The van der Waals surface area contributed by atoms with Crippen LogP contribution in [0, 0.1) is 0 Å². The minimum absolute atomic E-state index is 0.109. The Labute approximate surface area is 152 Å². The summed E-state index contributed by atoms with van der Waals surface area (Å²) in [5.74, 6) is 1.24. The summed E-state index contributed by atoms with van der Waals surface area (Å²) in [7, 11) is 0. The molecule has 4 nitrogen and oxygen atoms in total. The van der Waals surface area contributed by atoms with Crippen LogP contribution in [0.5, 0.6) is 0 Å². The first-order chi connectivity index (χ1) is 12.2. The predicted molar refractivity (Wildman–Crippen MR) is 99.7 cm³/mol. The molecule has 0 radical (unpaired) electrons. The molecule has 5 heteroatoms. The summed E-state index contributed by atoms with van der Waals surface area (Å²) in [6, 6.07) is 9.76. The Morgan fingerprint density at radius 3 is 2.72 bits per heavy atom. The highest BCUT2D eigenvalue weighted by atomic mass is 35.5. The van der Waals surface area contributed by atoms with Crippen molar-refractivity contribution in [3.8, 4) is 0 Å². The normalized spacial score (nSPS) is 17.2. The lowest BCUT2D eigenvalue weighted by molar-refractivity contribution is -0.116. The van der Waals surface area contributed by atoms with Crippen molar-refractivity contribution >= 4 is 23.6 Å². The highest BCUT2D eigenvalue weighted by Crippen LogP contribution is 2.44. The van der Waals surface area contributed by atoms with E-state index in [9.17, 15) is 4.79 Å². The Kier molecular flexibility index (Phi) is 4.62. The third-order valence-electron chi connectivity index (χ3n) is 4.76. The molecule has 0 bridgehead atoms. The van der Waals surface area contributed by atoms with Gasteiger partial charge in [-0.15, -0.1) is 0 Å². The zero-order valence-electron chi connectivity index (χ0n) is 14.1. The van der Waals surface area contributed by atoms with E-state index in [2.05, 4.69) is 16.1 Å². The average molecular weight is 356 g/mol. The number of halogens is 1. The van der Waals surface area contributed by atoms with Crippen molar-refractivity contribution in [2.45, 2.75) is 44.1 Å². The number of rotatable bonds is 7. The largest absolute Gasteiger partial charge is 0.351 e. The first-order valence-corrected chi connectivity index (χ1v) is 9.36. The van der Waals surface area contributed by atoms with E-state index >= 15 is 0 Å². The molecule has 0 saturated heterocycles. The van der Waals surface area contributed by atoms with Crippen LogP contribution in [-0.2, 0) is 11.3 Å². The van der Waals surface area contributed by atoms with Crippen LogP contribution in [0.1, 0.15) is 54.5 Å². The molecular weight excluding hydrogens is 334 g/mol. The minimum Gasteiger partial charge on any atom is -0.351 e. The maximum absolute atomic E-state index is 12.0. The van der Waals surface area contributed by atoms with Gasteiger partial charge in [0.05, 0.1) is 12.2 Å². The Hall–Kier alpha value is -2.07. The summed E-state index contributed by atoms with van der Waals surface area (Å²) < 4.78 is 2.10. The fraction of sp³-hybridized carbons (Fsp3) is 0.400. The molecule has 4 rings (SSSR count). The molecule has 2 saturated carbocycles. The number of hydrogen-bond acceptors (Lipinski definition) is 2. The summed E-state index contributed by atoms with van der Waals surface area (Å²) in [6.07, 6.45) is 8.34. The van der Waals surface area contributed by atoms with E-state index in [0.29, 0.717) is 23.4 Å². The molecule has 2 aromatic rings. The lowest BCUT2D eigenvalue weighted by Gasteiger charge is -2.07. The highest BCUT2D eigenvalue weighted by Gasteiger charge is 2.32. The lowest BCUT2D eigenvalue weighted by atomic mass is 10.2. The molecule has 0 unspecified atom stereocenters. The van der Waals surface area contributed by atoms with Crippen LogP contribution in [0.4, 0.5) is 0 Å². The molecule has 130 valence electrons. The van der Waals surface area contributed by atoms with E-state index in [4.69, 9.17) is 16.7 Å². The van der Waals surface area contributed by atoms with E-state index in [1.807, 2.05) is 24.3 Å². The van der Waals surface area contributed by atoms with Crippen molar-refractivity contribution in [1.29, 1.82) is 0 Å². The molecule has 1 N–H and O–H groups in total. The number of amides is 1. The SMILES string of the molecule is O=C(/C=C/c1ccccc1Cl)NCCn1nc(C2CC2)cc1C1CC1. The van der Waals surface area contributed by atoms with Crippen LogP contribution in [-0.4, -0.2) is 22.2 Å². The van der Waals surface area contributed by atoms with E-state index in [1.54, 1.807) is 6.08 Å². The average Bonchev–Trinajstić information content (AvgIpc) is 3.53. The molecule has 25 heavy (non-hydrogen) atoms. The first kappa shape index (κ1) is 16.4. The third kappa shape index (κ3) is 4.13. The van der Waals surface area contributed by atoms with Crippen LogP contribution in [0.2, 0.25) is 5.02 Å². The summed E-state index contributed by atoms with van der Waals surface area (Å²) in [5, 5.41) is 8.34. The Morgan fingerprint density at radius 1 is 1.24 bits per heavy atom. The molecule has 0 atom stereocenters. The van der Waals surface area contributed by atoms with Gasteiger partial charge in [0.15, 0.2) is 0 Å². The molecule has 2 aliphatic rings. The third-order valence-corrected chi connectivity index (χ3v) is 5.11. The van der Waals surface area contributed by atoms with Gasteiger partial charge in [-0.25, -0.2) is 0 Å². The van der Waals surface area contributed by atoms with Gasteiger partial charge in [-0.1, -0.05) is 29.8 Å². The molecule has 1 aromatic carbocycles. The van der Waals surface area contributed by atoms with Crippen molar-refractivity contribution in [3.05, 3.63) is 58.4 Å². The summed E-state index contributed by atoms with van der Waals surface area (Å²) in [4.78, 5) is 12.0. The second-order valence-corrected chi connectivity index (χ2v) is 7.32. The molecule has 0 spiro atoms. The summed E-state index contributed by atoms with van der Waals surface area (Å²) in [6.45, 7) is 1.31. The lowest BCUT2D eigenvalue weighted by Crippen LogP contribution is -2.26. The van der Waals surface area contributed by atoms with Gasteiger partial charge in [-0.2, -0.15) is 5.10 Å². The maximum Gasteiger partial charge on any atom is 0.244 e. The summed E-state index contributed by atoms with van der Waals surface area (Å²) >= 11 is 6.08. The van der Waals surface area contributed by atoms with Crippen LogP contribution in [0.3, 0.4) is 0 Å². The van der Waals surface area contributed by atoms with Crippen molar-refractivity contribution in [3.63, 3.8) is 0 Å². The first-order valence-electron chi connectivity index (χ1n) is 8.99. The van der Waals surface area contributed by atoms with Crippen molar-refractivity contribution in [2.75, 3.05) is 6.54 Å². The van der Waals surface area contributed by atoms with Gasteiger partial charge in [0.25, 0.3) is 0 Å². The number of nitrogens with one attached hydrogen (secondary N) is 1. The second-order valence-electron chi connectivity index (χ2n) is 6.91. The fourth-order valence-corrected chi connectivity index (χ4v) is 3.24. The molecule has 1 amide bonds. The van der Waals surface area contributed by atoms with Gasteiger partial charge in [0.2, 0.25) is 5.91 Å². The van der Waals surface area contributed by atoms with Crippen LogP contribution < -0.4 is 5.32 Å². The smallest absolute Gasteiger partial charge is 0.244 e. The highest BCUT2D eigenvalue weighted by molar-refractivity contribution is 6.32. The predicted octanol–water partition coefficient (Wildman–Crippen LogP) is 4.12. The van der Waals surface area contributed by atoms with Crippen LogP contribution in [0.15, 0.2) is 36.4 Å². The van der Waals surface area contributed by atoms with Gasteiger partial charge in [-0.3, -0.25) is 9.48 Å². The zero-order valence-corrected chi connectivity index (χ0v) is 14.9. The van der Waals surface area contributed by atoms with E-state index in [-0.39, 0.29) is 5.91 Å². The minimum atomic E-state index is -0.109. The molecule has 2 fully saturated rings. The topological polar surface area (TPSA) is 46.9 Å². The van der Waals surface area contributed by atoms with Gasteiger partial charge in [0.1, 0.15) is 0 Å². The Bertz CT molecular complexity index is 803. The summed E-state index contributed by atoms with van der Waals surface area (Å²) in [5.41, 5.74) is 3.44. The van der Waals surface area contributed by atoms with Crippen LogP contribution in [0.25, 0.3) is 6.08 Å². The number of carbonyl (C=O) groups is 1. The monoisotopic (exact) mass is 355 g/mol. The van der Waals surface area contributed by atoms with E-state index in [1.165, 1.54) is 43.1 Å². The second kappa shape index (κ2) is 7.04. The quantitative estimate of drug-likeness (QED) is 0.759. The number of carbonyl (C=O) groups excluding carboxylic acids is 1. The number of nitrogens with zero attached hydrogens (tertiary/aromatic N) is 2. The van der Waals surface area contributed by atoms with Crippen LogP contribution >= 0.6 is 11.6 Å². The number of aromatic nitrogens is 2. The fourth-order valence-electron chi connectivity index (χ4n) is 3.04. The van der Waals surface area contributed by atoms with Crippen molar-refractivity contribution in [2.24, 2.45) is 0 Å². The maximum atomic E-state index is 12.0. The van der Waals surface area contributed by atoms with Gasteiger partial charge in [0, 0.05) is 35.2 Å². The molecule has 1 heterocycles. The Morgan fingerprint density at radius 2 is 2.00 bits per heavy atom. The van der Waals surface area contributed by atoms with Gasteiger partial charge >= 0.3 is 0 Å². The van der Waals surface area contributed by atoms with Crippen molar-refractivity contribution in [1.82, 2.24) is 15.1 Å². The van der Waals surface area contributed by atoms with Gasteiger partial charge in [-0.05, 0) is 49.5 Å². The molecule has 1 aromatic heterocycles. The van der Waals surface area contributed by atoms with E-state index < -0.39 is 0 Å². The van der Waals surface area contributed by atoms with Crippen molar-refractivity contribution < 1.29 is 4.79 Å².